The van der Waals surface area contributed by atoms with Crippen molar-refractivity contribution in [3.8, 4) is 16.9 Å². The van der Waals surface area contributed by atoms with Gasteiger partial charge >= 0.3 is 0 Å². The van der Waals surface area contributed by atoms with E-state index in [9.17, 15) is 5.11 Å². The van der Waals surface area contributed by atoms with Gasteiger partial charge < -0.3 is 9.52 Å². The molecule has 21 heavy (non-hydrogen) atoms. The van der Waals surface area contributed by atoms with Crippen molar-refractivity contribution in [2.45, 2.75) is 32.6 Å². The topological polar surface area (TPSA) is 33.4 Å². The normalized spacial score (nSPS) is 11.1. The monoisotopic (exact) mass is 280 g/mol. The lowest BCUT2D eigenvalue weighted by molar-refractivity contribution is 0.480. The zero-order chi connectivity index (χ0) is 14.7. The summed E-state index contributed by atoms with van der Waals surface area (Å²) in [5, 5.41) is 11.2. The summed E-state index contributed by atoms with van der Waals surface area (Å²) in [5.74, 6) is 0.312. The fraction of sp³-hybridized carbons (Fsp3) is 0.263. The van der Waals surface area contributed by atoms with E-state index in [-0.39, 0.29) is 0 Å². The Labute approximate surface area is 125 Å². The molecule has 0 saturated heterocycles. The molecule has 1 heterocycles. The van der Waals surface area contributed by atoms with E-state index in [0.717, 1.165) is 40.5 Å². The molecule has 0 saturated carbocycles. The summed E-state index contributed by atoms with van der Waals surface area (Å²) in [5.41, 5.74) is 3.91. The number of hydrogen-bond acceptors (Lipinski definition) is 2. The lowest BCUT2D eigenvalue weighted by atomic mass is 10.0. The number of aryl methyl sites for hydroxylation is 1. The van der Waals surface area contributed by atoms with E-state index in [2.05, 4.69) is 13.0 Å². The Bertz CT molecular complexity index is 726. The van der Waals surface area contributed by atoms with Crippen molar-refractivity contribution in [1.82, 2.24) is 0 Å². The second-order valence-electron chi connectivity index (χ2n) is 5.46. The average Bonchev–Trinajstić information content (AvgIpc) is 2.93. The molecule has 0 aliphatic rings. The summed E-state index contributed by atoms with van der Waals surface area (Å²) in [4.78, 5) is 0. The highest BCUT2D eigenvalue weighted by Crippen LogP contribution is 2.37. The van der Waals surface area contributed by atoms with Gasteiger partial charge in [0.25, 0.3) is 0 Å². The Hall–Kier alpha value is -2.22. The maximum Gasteiger partial charge on any atom is 0.138 e. The lowest BCUT2D eigenvalue weighted by Crippen LogP contribution is -1.86. The van der Waals surface area contributed by atoms with E-state index in [0.29, 0.717) is 5.75 Å². The van der Waals surface area contributed by atoms with Crippen LogP contribution in [0.25, 0.3) is 22.1 Å². The Balaban J connectivity index is 1.99. The van der Waals surface area contributed by atoms with Crippen molar-refractivity contribution in [3.05, 3.63) is 54.3 Å². The van der Waals surface area contributed by atoms with Crippen molar-refractivity contribution in [2.75, 3.05) is 0 Å². The van der Waals surface area contributed by atoms with E-state index in [1.54, 1.807) is 6.26 Å². The van der Waals surface area contributed by atoms with Crippen LogP contribution in [0.2, 0.25) is 0 Å². The number of hydrogen-bond donors (Lipinski definition) is 1. The fourth-order valence-electron chi connectivity index (χ4n) is 2.75. The van der Waals surface area contributed by atoms with Gasteiger partial charge in [0, 0.05) is 5.56 Å². The van der Waals surface area contributed by atoms with Gasteiger partial charge in [-0.2, -0.15) is 0 Å². The van der Waals surface area contributed by atoms with E-state index < -0.39 is 0 Å². The molecule has 2 heteroatoms. The highest BCUT2D eigenvalue weighted by molar-refractivity contribution is 5.98. The number of benzene rings is 2. The van der Waals surface area contributed by atoms with Gasteiger partial charge in [-0.15, -0.1) is 0 Å². The van der Waals surface area contributed by atoms with Gasteiger partial charge in [-0.3, -0.25) is 0 Å². The molecule has 3 aromatic rings. The van der Waals surface area contributed by atoms with Gasteiger partial charge in [-0.1, -0.05) is 50.1 Å². The first-order chi connectivity index (χ1) is 10.3. The molecule has 3 rings (SSSR count). The van der Waals surface area contributed by atoms with Crippen LogP contribution in [0.5, 0.6) is 5.75 Å². The summed E-state index contributed by atoms with van der Waals surface area (Å²) in [6.45, 7) is 2.19. The highest BCUT2D eigenvalue weighted by atomic mass is 16.3. The van der Waals surface area contributed by atoms with E-state index in [1.165, 1.54) is 12.8 Å². The average molecular weight is 280 g/mol. The molecule has 0 unspecified atom stereocenters. The highest BCUT2D eigenvalue weighted by Gasteiger charge is 2.13. The third-order valence-electron chi connectivity index (χ3n) is 3.87. The zero-order valence-corrected chi connectivity index (χ0v) is 12.3. The quantitative estimate of drug-likeness (QED) is 0.623. The molecular weight excluding hydrogens is 260 g/mol. The number of fused-ring (bicyclic) bond motifs is 1. The molecule has 2 aromatic carbocycles. The SMILES string of the molecule is CCCCCc1cc(O)c2c(-c3ccccc3)coc2c1. The van der Waals surface area contributed by atoms with Crippen molar-refractivity contribution in [1.29, 1.82) is 0 Å². The summed E-state index contributed by atoms with van der Waals surface area (Å²) >= 11 is 0. The first kappa shape index (κ1) is 13.7. The van der Waals surface area contributed by atoms with Crippen LogP contribution < -0.4 is 0 Å². The van der Waals surface area contributed by atoms with Crippen molar-refractivity contribution >= 4 is 11.0 Å². The Morgan fingerprint density at radius 1 is 1.05 bits per heavy atom. The molecule has 0 atom stereocenters. The first-order valence-electron chi connectivity index (χ1n) is 7.58. The minimum atomic E-state index is 0.312. The van der Waals surface area contributed by atoms with Gasteiger partial charge in [0.05, 0.1) is 11.6 Å². The summed E-state index contributed by atoms with van der Waals surface area (Å²) in [6.07, 6.45) is 6.28. The number of furan rings is 1. The lowest BCUT2D eigenvalue weighted by Gasteiger charge is -2.04. The van der Waals surface area contributed by atoms with Crippen LogP contribution in [0.4, 0.5) is 0 Å². The zero-order valence-electron chi connectivity index (χ0n) is 12.3. The number of rotatable bonds is 5. The Morgan fingerprint density at radius 3 is 2.62 bits per heavy atom. The van der Waals surface area contributed by atoms with Crippen LogP contribution in [0.15, 0.2) is 53.1 Å². The fourth-order valence-corrected chi connectivity index (χ4v) is 2.75. The number of phenols is 1. The minimum absolute atomic E-state index is 0.312. The molecule has 1 N–H and O–H groups in total. The van der Waals surface area contributed by atoms with Crippen LogP contribution >= 0.6 is 0 Å². The van der Waals surface area contributed by atoms with Crippen LogP contribution in [0.3, 0.4) is 0 Å². The van der Waals surface area contributed by atoms with Crippen molar-refractivity contribution in [2.24, 2.45) is 0 Å². The van der Waals surface area contributed by atoms with Gasteiger partial charge in [0.2, 0.25) is 0 Å². The number of phenolic OH excluding ortho intramolecular Hbond substituents is 1. The molecule has 2 nitrogen and oxygen atoms in total. The third-order valence-corrected chi connectivity index (χ3v) is 3.87. The molecule has 0 aliphatic heterocycles. The second kappa shape index (κ2) is 6.04. The van der Waals surface area contributed by atoms with E-state index >= 15 is 0 Å². The van der Waals surface area contributed by atoms with Crippen LogP contribution in [-0.4, -0.2) is 5.11 Å². The Kier molecular flexibility index (Phi) is 3.96. The molecular formula is C19H20O2. The molecule has 0 amide bonds. The third kappa shape index (κ3) is 2.80. The van der Waals surface area contributed by atoms with E-state index in [1.807, 2.05) is 36.4 Å². The Morgan fingerprint density at radius 2 is 1.86 bits per heavy atom. The predicted octanol–water partition coefficient (Wildman–Crippen LogP) is 5.54. The standard InChI is InChI=1S/C19H20O2/c1-2-3-5-8-14-11-17(20)19-16(13-21-18(19)12-14)15-9-6-4-7-10-15/h4,6-7,9-13,20H,2-3,5,8H2,1H3. The molecule has 0 fully saturated rings. The number of unbranched alkanes of at least 4 members (excludes halogenated alkanes) is 2. The maximum atomic E-state index is 10.4. The van der Waals surface area contributed by atoms with Crippen molar-refractivity contribution in [3.63, 3.8) is 0 Å². The largest absolute Gasteiger partial charge is 0.507 e. The smallest absolute Gasteiger partial charge is 0.138 e. The predicted molar refractivity (Wildman–Crippen MR) is 86.5 cm³/mol. The molecule has 1 aromatic heterocycles. The molecule has 0 spiro atoms. The van der Waals surface area contributed by atoms with Gasteiger partial charge in [-0.05, 0) is 36.1 Å². The van der Waals surface area contributed by atoms with Crippen molar-refractivity contribution < 1.29 is 9.52 Å². The van der Waals surface area contributed by atoms with Crippen LogP contribution in [0.1, 0.15) is 31.7 Å². The minimum Gasteiger partial charge on any atom is -0.507 e. The molecule has 0 bridgehead atoms. The van der Waals surface area contributed by atoms with Gasteiger partial charge in [0.15, 0.2) is 0 Å². The van der Waals surface area contributed by atoms with E-state index in [4.69, 9.17) is 4.42 Å². The maximum absolute atomic E-state index is 10.4. The van der Waals surface area contributed by atoms with Gasteiger partial charge in [-0.25, -0.2) is 0 Å². The van der Waals surface area contributed by atoms with Gasteiger partial charge in [0.1, 0.15) is 11.3 Å². The first-order valence-corrected chi connectivity index (χ1v) is 7.58. The second-order valence-corrected chi connectivity index (χ2v) is 5.46. The molecule has 0 radical (unpaired) electrons. The molecule has 0 aliphatic carbocycles. The van der Waals surface area contributed by atoms with Crippen LogP contribution in [0, 0.1) is 0 Å². The molecule has 108 valence electrons. The number of aromatic hydroxyl groups is 1. The summed E-state index contributed by atoms with van der Waals surface area (Å²) in [6, 6.07) is 13.9. The summed E-state index contributed by atoms with van der Waals surface area (Å²) in [7, 11) is 0. The summed E-state index contributed by atoms with van der Waals surface area (Å²) < 4.78 is 5.67. The van der Waals surface area contributed by atoms with Crippen LogP contribution in [-0.2, 0) is 6.42 Å².